The molecule has 0 aliphatic heterocycles. The van der Waals surface area contributed by atoms with E-state index in [1.165, 1.54) is 12.1 Å². The molecule has 0 saturated carbocycles. The fourth-order valence-electron chi connectivity index (χ4n) is 2.01. The Bertz CT molecular complexity index is 709. The van der Waals surface area contributed by atoms with E-state index in [2.05, 4.69) is 11.8 Å². The Hall–Kier alpha value is -2.64. The zero-order chi connectivity index (χ0) is 16.1. The summed E-state index contributed by atoms with van der Waals surface area (Å²) in [6.07, 6.45) is -1.38. The molecular formula is C18H15FO3. The third kappa shape index (κ3) is 3.94. The minimum atomic E-state index is -1.38. The second kappa shape index (κ2) is 6.88. The number of aryl methyl sites for hydroxylation is 1. The summed E-state index contributed by atoms with van der Waals surface area (Å²) in [6, 6.07) is 12.3. The van der Waals surface area contributed by atoms with Gasteiger partial charge in [0.2, 0.25) is 0 Å². The maximum absolute atomic E-state index is 12.9. The number of carboxylic acid groups (broad SMARTS) is 1. The van der Waals surface area contributed by atoms with Crippen LogP contribution in [0.15, 0.2) is 48.5 Å². The highest BCUT2D eigenvalue weighted by molar-refractivity contribution is 5.77. The smallest absolute Gasteiger partial charge is 0.314 e. The zero-order valence-corrected chi connectivity index (χ0v) is 12.0. The number of aliphatic hydroxyl groups excluding tert-OH is 1. The fraction of sp³-hybridized carbons (Fsp3) is 0.167. The van der Waals surface area contributed by atoms with Crippen LogP contribution in [0.1, 0.15) is 22.6 Å². The number of aliphatic carboxylic acids is 1. The maximum atomic E-state index is 12.9. The fourth-order valence-corrected chi connectivity index (χ4v) is 2.01. The highest BCUT2D eigenvalue weighted by Crippen LogP contribution is 2.20. The molecule has 112 valence electrons. The van der Waals surface area contributed by atoms with Crippen molar-refractivity contribution in [1.29, 1.82) is 0 Å². The van der Waals surface area contributed by atoms with Crippen LogP contribution in [0.4, 0.5) is 4.39 Å². The van der Waals surface area contributed by atoms with E-state index in [9.17, 15) is 19.4 Å². The van der Waals surface area contributed by atoms with Crippen molar-refractivity contribution < 1.29 is 19.4 Å². The van der Waals surface area contributed by atoms with Gasteiger partial charge in [-0.15, -0.1) is 0 Å². The molecule has 0 saturated heterocycles. The van der Waals surface area contributed by atoms with Crippen LogP contribution in [0.2, 0.25) is 0 Å². The Morgan fingerprint density at radius 2 is 1.68 bits per heavy atom. The SMILES string of the molecule is Cc1ccc(C#C[C@@H](O)[C@H](C(=O)O)c2ccc(F)cc2)cc1. The first-order valence-corrected chi connectivity index (χ1v) is 6.72. The lowest BCUT2D eigenvalue weighted by atomic mass is 9.93. The van der Waals surface area contributed by atoms with Gasteiger partial charge in [0.15, 0.2) is 0 Å². The van der Waals surface area contributed by atoms with Crippen LogP contribution >= 0.6 is 0 Å². The number of rotatable bonds is 3. The van der Waals surface area contributed by atoms with Crippen molar-refractivity contribution in [1.82, 2.24) is 0 Å². The first-order chi connectivity index (χ1) is 10.5. The second-order valence-corrected chi connectivity index (χ2v) is 4.95. The highest BCUT2D eigenvalue weighted by Gasteiger charge is 2.27. The van der Waals surface area contributed by atoms with Crippen LogP contribution in [0.3, 0.4) is 0 Å². The Morgan fingerprint density at radius 3 is 2.23 bits per heavy atom. The molecule has 4 heteroatoms. The molecule has 0 heterocycles. The van der Waals surface area contributed by atoms with E-state index in [1.54, 1.807) is 12.1 Å². The van der Waals surface area contributed by atoms with E-state index in [0.717, 1.165) is 17.7 Å². The van der Waals surface area contributed by atoms with Crippen molar-refractivity contribution in [3.63, 3.8) is 0 Å². The molecule has 2 aromatic carbocycles. The molecule has 0 spiro atoms. The van der Waals surface area contributed by atoms with Gasteiger partial charge < -0.3 is 10.2 Å². The average molecular weight is 298 g/mol. The van der Waals surface area contributed by atoms with Gasteiger partial charge in [0.25, 0.3) is 0 Å². The highest BCUT2D eigenvalue weighted by atomic mass is 19.1. The van der Waals surface area contributed by atoms with E-state index in [-0.39, 0.29) is 0 Å². The largest absolute Gasteiger partial charge is 0.481 e. The van der Waals surface area contributed by atoms with E-state index in [0.29, 0.717) is 11.1 Å². The van der Waals surface area contributed by atoms with E-state index >= 15 is 0 Å². The van der Waals surface area contributed by atoms with Gasteiger partial charge in [-0.2, -0.15) is 0 Å². The molecule has 0 aliphatic rings. The van der Waals surface area contributed by atoms with Crippen LogP contribution in [-0.2, 0) is 4.79 Å². The average Bonchev–Trinajstić information content (AvgIpc) is 2.48. The topological polar surface area (TPSA) is 57.5 Å². The number of carboxylic acids is 1. The van der Waals surface area contributed by atoms with Gasteiger partial charge in [0, 0.05) is 5.56 Å². The monoisotopic (exact) mass is 298 g/mol. The molecular weight excluding hydrogens is 283 g/mol. The standard InChI is InChI=1S/C18H15FO3/c1-12-2-4-13(5-3-12)6-11-16(20)17(18(21)22)14-7-9-15(19)10-8-14/h2-5,7-10,16-17,20H,1H3,(H,21,22)/t16-,17-/m1/s1. The summed E-state index contributed by atoms with van der Waals surface area (Å²) in [4.78, 5) is 11.4. The van der Waals surface area contributed by atoms with Gasteiger partial charge >= 0.3 is 5.97 Å². The first-order valence-electron chi connectivity index (χ1n) is 6.72. The summed E-state index contributed by atoms with van der Waals surface area (Å²) in [7, 11) is 0. The van der Waals surface area contributed by atoms with Gasteiger partial charge in [-0.3, -0.25) is 4.79 Å². The predicted octanol–water partition coefficient (Wildman–Crippen LogP) is 2.71. The van der Waals surface area contributed by atoms with Crippen molar-refractivity contribution >= 4 is 5.97 Å². The quantitative estimate of drug-likeness (QED) is 0.857. The number of benzene rings is 2. The maximum Gasteiger partial charge on any atom is 0.314 e. The van der Waals surface area contributed by atoms with Crippen molar-refractivity contribution in [3.05, 3.63) is 71.0 Å². The number of carbonyl (C=O) groups is 1. The molecule has 2 N–H and O–H groups in total. The Balaban J connectivity index is 2.24. The molecule has 2 rings (SSSR count). The van der Waals surface area contributed by atoms with Crippen molar-refractivity contribution in [3.8, 4) is 11.8 Å². The lowest BCUT2D eigenvalue weighted by molar-refractivity contribution is -0.140. The van der Waals surface area contributed by atoms with Gasteiger partial charge in [-0.1, -0.05) is 41.7 Å². The van der Waals surface area contributed by atoms with Gasteiger partial charge in [0.05, 0.1) is 0 Å². The zero-order valence-electron chi connectivity index (χ0n) is 12.0. The third-order valence-electron chi connectivity index (χ3n) is 3.23. The Kier molecular flexibility index (Phi) is 4.92. The summed E-state index contributed by atoms with van der Waals surface area (Å²) in [5.74, 6) is 2.40. The Labute approximate surface area is 128 Å². The lowest BCUT2D eigenvalue weighted by Gasteiger charge is -2.14. The lowest BCUT2D eigenvalue weighted by Crippen LogP contribution is -2.24. The van der Waals surface area contributed by atoms with Crippen LogP contribution < -0.4 is 0 Å². The molecule has 0 amide bonds. The number of aliphatic hydroxyl groups is 1. The summed E-state index contributed by atoms with van der Waals surface area (Å²) in [5.41, 5.74) is 2.08. The van der Waals surface area contributed by atoms with Crippen LogP contribution in [0.25, 0.3) is 0 Å². The van der Waals surface area contributed by atoms with E-state index in [1.807, 2.05) is 19.1 Å². The third-order valence-corrected chi connectivity index (χ3v) is 3.23. The normalized spacial score (nSPS) is 12.9. The minimum Gasteiger partial charge on any atom is -0.481 e. The molecule has 0 fully saturated rings. The number of halogens is 1. The van der Waals surface area contributed by atoms with Crippen molar-refractivity contribution in [2.45, 2.75) is 18.9 Å². The first kappa shape index (κ1) is 15.7. The number of hydrogen-bond donors (Lipinski definition) is 2. The van der Waals surface area contributed by atoms with Crippen molar-refractivity contribution in [2.75, 3.05) is 0 Å². The summed E-state index contributed by atoms with van der Waals surface area (Å²) < 4.78 is 12.9. The minimum absolute atomic E-state index is 0.305. The molecule has 0 aromatic heterocycles. The van der Waals surface area contributed by atoms with Gasteiger partial charge in [0.1, 0.15) is 17.8 Å². The molecule has 0 unspecified atom stereocenters. The molecule has 0 aliphatic carbocycles. The van der Waals surface area contributed by atoms with Gasteiger partial charge in [-0.05, 0) is 36.8 Å². The molecule has 2 aromatic rings. The summed E-state index contributed by atoms with van der Waals surface area (Å²) in [5, 5.41) is 19.3. The summed E-state index contributed by atoms with van der Waals surface area (Å²) in [6.45, 7) is 1.95. The van der Waals surface area contributed by atoms with Crippen molar-refractivity contribution in [2.24, 2.45) is 0 Å². The molecule has 0 radical (unpaired) electrons. The van der Waals surface area contributed by atoms with E-state index in [4.69, 9.17) is 0 Å². The second-order valence-electron chi connectivity index (χ2n) is 4.95. The van der Waals surface area contributed by atoms with Crippen LogP contribution in [-0.4, -0.2) is 22.3 Å². The van der Waals surface area contributed by atoms with E-state index < -0.39 is 23.8 Å². The summed E-state index contributed by atoms with van der Waals surface area (Å²) >= 11 is 0. The molecule has 3 nitrogen and oxygen atoms in total. The molecule has 2 atom stereocenters. The molecule has 22 heavy (non-hydrogen) atoms. The van der Waals surface area contributed by atoms with Gasteiger partial charge in [-0.25, -0.2) is 4.39 Å². The van der Waals surface area contributed by atoms with Crippen LogP contribution in [0, 0.1) is 24.6 Å². The number of hydrogen-bond acceptors (Lipinski definition) is 2. The predicted molar refractivity (Wildman–Crippen MR) is 80.8 cm³/mol. The molecule has 0 bridgehead atoms. The van der Waals surface area contributed by atoms with Crippen LogP contribution in [0.5, 0.6) is 0 Å². The Morgan fingerprint density at radius 1 is 1.09 bits per heavy atom.